The van der Waals surface area contributed by atoms with E-state index >= 15 is 0 Å². The van der Waals surface area contributed by atoms with Crippen LogP contribution in [-0.2, 0) is 0 Å². The van der Waals surface area contributed by atoms with E-state index < -0.39 is 0 Å². The number of benzene rings is 1. The Morgan fingerprint density at radius 3 is 2.53 bits per heavy atom. The van der Waals surface area contributed by atoms with Gasteiger partial charge in [0, 0.05) is 6.54 Å². The van der Waals surface area contributed by atoms with Crippen LogP contribution in [-0.4, -0.2) is 29.6 Å². The van der Waals surface area contributed by atoms with Crippen LogP contribution in [0.5, 0.6) is 0 Å². The van der Waals surface area contributed by atoms with Crippen molar-refractivity contribution in [2.75, 3.05) is 19.6 Å². The molecule has 1 aliphatic rings. The summed E-state index contributed by atoms with van der Waals surface area (Å²) in [7, 11) is 0. The van der Waals surface area contributed by atoms with E-state index in [2.05, 4.69) is 11.5 Å². The summed E-state index contributed by atoms with van der Waals surface area (Å²) < 4.78 is 0. The van der Waals surface area contributed by atoms with Crippen molar-refractivity contribution < 1.29 is 5.11 Å². The van der Waals surface area contributed by atoms with E-state index in [0.29, 0.717) is 5.92 Å². The molecular weight excluding hydrogens is 210 g/mol. The van der Waals surface area contributed by atoms with E-state index in [1.54, 1.807) is 0 Å². The number of rotatable bonds is 4. The van der Waals surface area contributed by atoms with Crippen LogP contribution in [0.4, 0.5) is 0 Å². The third kappa shape index (κ3) is 3.18. The Morgan fingerprint density at radius 1 is 1.29 bits per heavy atom. The van der Waals surface area contributed by atoms with E-state index in [0.717, 1.165) is 38.0 Å². The van der Waals surface area contributed by atoms with Gasteiger partial charge in [0.1, 0.15) is 0 Å². The minimum Gasteiger partial charge on any atom is -0.388 e. The van der Waals surface area contributed by atoms with Crippen molar-refractivity contribution in [3.63, 3.8) is 0 Å². The predicted octanol–water partition coefficient (Wildman–Crippen LogP) is 2.62. The second kappa shape index (κ2) is 5.99. The molecule has 0 radical (unpaired) electrons. The van der Waals surface area contributed by atoms with Crippen LogP contribution < -0.4 is 0 Å². The topological polar surface area (TPSA) is 23.5 Å². The van der Waals surface area contributed by atoms with Gasteiger partial charge in [-0.2, -0.15) is 0 Å². The molecule has 0 bridgehead atoms. The first-order chi connectivity index (χ1) is 8.31. The van der Waals surface area contributed by atoms with Gasteiger partial charge in [-0.25, -0.2) is 0 Å². The highest BCUT2D eigenvalue weighted by Gasteiger charge is 2.25. The van der Waals surface area contributed by atoms with Gasteiger partial charge in [0.15, 0.2) is 0 Å². The van der Waals surface area contributed by atoms with Crippen molar-refractivity contribution in [1.82, 2.24) is 4.90 Å². The number of aliphatic hydroxyl groups is 1. The van der Waals surface area contributed by atoms with Crippen molar-refractivity contribution in [2.45, 2.75) is 18.9 Å². The molecule has 0 aromatic heterocycles. The van der Waals surface area contributed by atoms with Crippen molar-refractivity contribution in [3.05, 3.63) is 48.6 Å². The molecule has 2 nitrogen and oxygen atoms in total. The van der Waals surface area contributed by atoms with Gasteiger partial charge < -0.3 is 5.11 Å². The van der Waals surface area contributed by atoms with E-state index in [1.807, 2.05) is 36.4 Å². The smallest absolute Gasteiger partial charge is 0.0819 e. The van der Waals surface area contributed by atoms with Gasteiger partial charge in [0.2, 0.25) is 0 Å². The van der Waals surface area contributed by atoms with Crippen LogP contribution in [0, 0.1) is 5.92 Å². The zero-order chi connectivity index (χ0) is 12.1. The van der Waals surface area contributed by atoms with Gasteiger partial charge >= 0.3 is 0 Å². The number of hydrogen-bond donors (Lipinski definition) is 1. The average Bonchev–Trinajstić information content (AvgIpc) is 2.40. The maximum atomic E-state index is 10.3. The summed E-state index contributed by atoms with van der Waals surface area (Å²) in [6.07, 6.45) is 3.80. The largest absolute Gasteiger partial charge is 0.388 e. The second-order valence-electron chi connectivity index (χ2n) is 4.78. The van der Waals surface area contributed by atoms with Gasteiger partial charge in [0.25, 0.3) is 0 Å². The van der Waals surface area contributed by atoms with Crippen LogP contribution in [0.2, 0.25) is 0 Å². The Kier molecular flexibility index (Phi) is 4.35. The lowest BCUT2D eigenvalue weighted by Gasteiger charge is -2.33. The quantitative estimate of drug-likeness (QED) is 0.805. The maximum absolute atomic E-state index is 10.3. The molecule has 1 heterocycles. The third-order valence-electron chi connectivity index (χ3n) is 3.61. The second-order valence-corrected chi connectivity index (χ2v) is 4.78. The molecule has 2 rings (SSSR count). The average molecular weight is 231 g/mol. The molecule has 1 N–H and O–H groups in total. The zero-order valence-electron chi connectivity index (χ0n) is 10.3. The molecule has 1 atom stereocenters. The highest BCUT2D eigenvalue weighted by molar-refractivity contribution is 5.18. The fourth-order valence-corrected chi connectivity index (χ4v) is 2.56. The molecular formula is C15H21NO. The molecule has 1 aromatic rings. The minimum absolute atomic E-state index is 0.304. The summed E-state index contributed by atoms with van der Waals surface area (Å²) in [5.74, 6) is 0.401. The Labute approximate surface area is 104 Å². The molecule has 1 fully saturated rings. The van der Waals surface area contributed by atoms with Crippen LogP contribution in [0.15, 0.2) is 43.0 Å². The highest BCUT2D eigenvalue weighted by Crippen LogP contribution is 2.30. The Balaban J connectivity index is 1.90. The fraction of sp³-hybridized carbons (Fsp3) is 0.467. The van der Waals surface area contributed by atoms with Gasteiger partial charge in [-0.3, -0.25) is 4.90 Å². The first-order valence-electron chi connectivity index (χ1n) is 6.37. The first kappa shape index (κ1) is 12.3. The van der Waals surface area contributed by atoms with E-state index in [4.69, 9.17) is 0 Å². The Bertz CT molecular complexity index is 341. The summed E-state index contributed by atoms with van der Waals surface area (Å²) >= 11 is 0. The lowest BCUT2D eigenvalue weighted by Crippen LogP contribution is -2.35. The molecule has 1 aliphatic heterocycles. The van der Waals surface area contributed by atoms with Crippen molar-refractivity contribution in [1.29, 1.82) is 0 Å². The Morgan fingerprint density at radius 2 is 1.94 bits per heavy atom. The lowest BCUT2D eigenvalue weighted by atomic mass is 9.87. The summed E-state index contributed by atoms with van der Waals surface area (Å²) in [6.45, 7) is 6.87. The molecule has 0 aliphatic carbocycles. The van der Waals surface area contributed by atoms with Gasteiger partial charge in [0.05, 0.1) is 6.10 Å². The molecule has 2 heteroatoms. The predicted molar refractivity (Wildman–Crippen MR) is 70.8 cm³/mol. The zero-order valence-corrected chi connectivity index (χ0v) is 10.3. The molecule has 1 unspecified atom stereocenters. The molecule has 0 saturated carbocycles. The van der Waals surface area contributed by atoms with Crippen LogP contribution in [0.1, 0.15) is 24.5 Å². The Hall–Kier alpha value is -1.12. The number of likely N-dealkylation sites (tertiary alicyclic amines) is 1. The van der Waals surface area contributed by atoms with Gasteiger partial charge in [-0.15, -0.1) is 6.58 Å². The number of piperidine rings is 1. The third-order valence-corrected chi connectivity index (χ3v) is 3.61. The normalized spacial score (nSPS) is 20.1. The highest BCUT2D eigenvalue weighted by atomic mass is 16.3. The van der Waals surface area contributed by atoms with Crippen molar-refractivity contribution >= 4 is 0 Å². The van der Waals surface area contributed by atoms with Crippen LogP contribution >= 0.6 is 0 Å². The minimum atomic E-state index is -0.304. The SMILES string of the molecule is C=CCN1CCC(C(O)c2ccccc2)CC1. The number of hydrogen-bond acceptors (Lipinski definition) is 2. The standard InChI is InChI=1S/C15H21NO/c1-2-10-16-11-8-14(9-12-16)15(17)13-6-4-3-5-7-13/h2-7,14-15,17H,1,8-12H2. The maximum Gasteiger partial charge on any atom is 0.0819 e. The summed E-state index contributed by atoms with van der Waals surface area (Å²) in [5, 5.41) is 10.3. The first-order valence-corrected chi connectivity index (χ1v) is 6.37. The van der Waals surface area contributed by atoms with Gasteiger partial charge in [-0.1, -0.05) is 36.4 Å². The van der Waals surface area contributed by atoms with Gasteiger partial charge in [-0.05, 0) is 37.4 Å². The summed E-state index contributed by atoms with van der Waals surface area (Å²) in [5.41, 5.74) is 1.05. The monoisotopic (exact) mass is 231 g/mol. The number of nitrogens with zero attached hydrogens (tertiary/aromatic N) is 1. The van der Waals surface area contributed by atoms with Crippen LogP contribution in [0.25, 0.3) is 0 Å². The summed E-state index contributed by atoms with van der Waals surface area (Å²) in [6, 6.07) is 10.0. The lowest BCUT2D eigenvalue weighted by molar-refractivity contribution is 0.0621. The van der Waals surface area contributed by atoms with Crippen molar-refractivity contribution in [3.8, 4) is 0 Å². The molecule has 1 aromatic carbocycles. The molecule has 0 spiro atoms. The fourth-order valence-electron chi connectivity index (χ4n) is 2.56. The molecule has 0 amide bonds. The van der Waals surface area contributed by atoms with E-state index in [1.165, 1.54) is 0 Å². The van der Waals surface area contributed by atoms with Crippen LogP contribution in [0.3, 0.4) is 0 Å². The molecule has 17 heavy (non-hydrogen) atoms. The van der Waals surface area contributed by atoms with E-state index in [-0.39, 0.29) is 6.10 Å². The molecule has 1 saturated heterocycles. The number of aliphatic hydroxyl groups excluding tert-OH is 1. The van der Waals surface area contributed by atoms with E-state index in [9.17, 15) is 5.11 Å². The van der Waals surface area contributed by atoms with Crippen molar-refractivity contribution in [2.24, 2.45) is 5.92 Å². The molecule has 92 valence electrons. The summed E-state index contributed by atoms with van der Waals surface area (Å²) in [4.78, 5) is 2.39.